The summed E-state index contributed by atoms with van der Waals surface area (Å²) in [5.41, 5.74) is 3.09. The summed E-state index contributed by atoms with van der Waals surface area (Å²) in [6.07, 6.45) is -3.00. The van der Waals surface area contributed by atoms with Crippen LogP contribution in [0.5, 0.6) is 5.75 Å². The number of halogens is 3. The third-order valence-corrected chi connectivity index (χ3v) is 5.12. The number of hydrogen-bond acceptors (Lipinski definition) is 3. The van der Waals surface area contributed by atoms with Gasteiger partial charge in [-0.3, -0.25) is 9.89 Å². The molecular formula is C24H26F3N3O2. The molecule has 0 fully saturated rings. The summed E-state index contributed by atoms with van der Waals surface area (Å²) in [6, 6.07) is 14.7. The first-order valence-electron chi connectivity index (χ1n) is 10.5. The molecule has 0 spiro atoms. The number of rotatable bonds is 8. The van der Waals surface area contributed by atoms with Gasteiger partial charge in [0, 0.05) is 22.7 Å². The molecule has 0 aliphatic carbocycles. The Morgan fingerprint density at radius 3 is 2.50 bits per heavy atom. The minimum Gasteiger partial charge on any atom is -0.406 e. The van der Waals surface area contributed by atoms with Gasteiger partial charge in [-0.25, -0.2) is 0 Å². The van der Waals surface area contributed by atoms with Crippen molar-refractivity contribution in [3.63, 3.8) is 0 Å². The molecule has 8 heteroatoms. The smallest absolute Gasteiger partial charge is 0.406 e. The number of nitrogens with zero attached hydrogens (tertiary/aromatic N) is 1. The third-order valence-electron chi connectivity index (χ3n) is 5.12. The molecule has 2 N–H and O–H groups in total. The average molecular weight is 445 g/mol. The number of carbonyl (C=O) groups excluding carboxylic acids is 1. The monoisotopic (exact) mass is 445 g/mol. The Hall–Kier alpha value is -3.29. The van der Waals surface area contributed by atoms with Gasteiger partial charge in [-0.05, 0) is 42.7 Å². The Kier molecular flexibility index (Phi) is 7.22. The molecule has 0 unspecified atom stereocenters. The number of hydrogen-bond donors (Lipinski definition) is 2. The molecule has 0 bridgehead atoms. The van der Waals surface area contributed by atoms with E-state index in [9.17, 15) is 18.0 Å². The van der Waals surface area contributed by atoms with Gasteiger partial charge in [0.15, 0.2) is 0 Å². The number of aromatic amines is 1. The maximum absolute atomic E-state index is 12.7. The Bertz CT molecular complexity index is 1060. The number of anilines is 1. The zero-order chi connectivity index (χ0) is 23.3. The SMILES string of the molecule is CCC[C@H](C(=O)Nc1cccc(-c2cc(-c3cccc(OC(F)(F)F)c3)[nH]n2)c1)C(C)C. The van der Waals surface area contributed by atoms with Crippen molar-refractivity contribution in [2.45, 2.75) is 40.0 Å². The fraction of sp³-hybridized carbons (Fsp3) is 0.333. The number of amides is 1. The number of carbonyl (C=O) groups is 1. The van der Waals surface area contributed by atoms with Gasteiger partial charge in [-0.1, -0.05) is 51.5 Å². The van der Waals surface area contributed by atoms with Crippen LogP contribution in [0.15, 0.2) is 54.6 Å². The molecule has 1 amide bonds. The van der Waals surface area contributed by atoms with Crippen molar-refractivity contribution in [3.05, 3.63) is 54.6 Å². The first-order chi connectivity index (χ1) is 15.2. The van der Waals surface area contributed by atoms with Gasteiger partial charge >= 0.3 is 6.36 Å². The zero-order valence-corrected chi connectivity index (χ0v) is 18.2. The van der Waals surface area contributed by atoms with Crippen molar-refractivity contribution < 1.29 is 22.7 Å². The van der Waals surface area contributed by atoms with Crippen LogP contribution in [-0.4, -0.2) is 22.5 Å². The van der Waals surface area contributed by atoms with E-state index in [4.69, 9.17) is 0 Å². The molecule has 0 saturated carbocycles. The van der Waals surface area contributed by atoms with E-state index in [-0.39, 0.29) is 23.5 Å². The molecule has 0 aliphatic heterocycles. The van der Waals surface area contributed by atoms with Crippen LogP contribution >= 0.6 is 0 Å². The molecule has 32 heavy (non-hydrogen) atoms. The van der Waals surface area contributed by atoms with E-state index in [1.165, 1.54) is 18.2 Å². The van der Waals surface area contributed by atoms with Crippen LogP contribution in [0.25, 0.3) is 22.5 Å². The predicted octanol–water partition coefficient (Wildman–Crippen LogP) is 6.65. The molecule has 2 aromatic carbocycles. The highest BCUT2D eigenvalue weighted by Crippen LogP contribution is 2.30. The first kappa shape index (κ1) is 23.4. The predicted molar refractivity (Wildman–Crippen MR) is 118 cm³/mol. The Balaban J connectivity index is 1.78. The standard InChI is InChI=1S/C24H26F3N3O2/c1-4-7-20(15(2)3)23(31)28-18-10-5-8-16(12-18)21-14-22(30-29-21)17-9-6-11-19(13-17)32-24(25,26)27/h5-6,8-15,20H,4,7H2,1-3H3,(H,28,31)(H,29,30)/t20-/m0/s1. The number of nitrogens with one attached hydrogen (secondary N) is 2. The second-order valence-electron chi connectivity index (χ2n) is 7.95. The van der Waals surface area contributed by atoms with Crippen molar-refractivity contribution in [1.82, 2.24) is 10.2 Å². The summed E-state index contributed by atoms with van der Waals surface area (Å²) in [6.45, 7) is 6.13. The maximum atomic E-state index is 12.7. The Morgan fingerprint density at radius 1 is 1.09 bits per heavy atom. The molecule has 0 aliphatic rings. The molecule has 1 atom stereocenters. The lowest BCUT2D eigenvalue weighted by atomic mass is 9.90. The molecular weight excluding hydrogens is 419 g/mol. The maximum Gasteiger partial charge on any atom is 0.573 e. The summed E-state index contributed by atoms with van der Waals surface area (Å²) in [7, 11) is 0. The van der Waals surface area contributed by atoms with Crippen LogP contribution in [0.4, 0.5) is 18.9 Å². The molecule has 0 radical (unpaired) electrons. The van der Waals surface area contributed by atoms with Crippen LogP contribution in [0, 0.1) is 11.8 Å². The Labute approximate surface area is 185 Å². The highest BCUT2D eigenvalue weighted by molar-refractivity contribution is 5.93. The van der Waals surface area contributed by atoms with Gasteiger partial charge in [0.2, 0.25) is 5.91 Å². The van der Waals surface area contributed by atoms with Crippen LogP contribution in [-0.2, 0) is 4.79 Å². The van der Waals surface area contributed by atoms with E-state index in [0.29, 0.717) is 22.6 Å². The highest BCUT2D eigenvalue weighted by Gasteiger charge is 2.31. The van der Waals surface area contributed by atoms with Gasteiger partial charge in [-0.2, -0.15) is 5.10 Å². The zero-order valence-electron chi connectivity index (χ0n) is 18.2. The van der Waals surface area contributed by atoms with Gasteiger partial charge in [0.1, 0.15) is 5.75 Å². The lowest BCUT2D eigenvalue weighted by Gasteiger charge is -2.19. The molecule has 0 saturated heterocycles. The summed E-state index contributed by atoms with van der Waals surface area (Å²) in [5.74, 6) is -0.137. The summed E-state index contributed by atoms with van der Waals surface area (Å²) >= 11 is 0. The van der Waals surface area contributed by atoms with E-state index in [1.807, 2.05) is 38.1 Å². The molecule has 1 aromatic heterocycles. The van der Waals surface area contributed by atoms with Crippen molar-refractivity contribution >= 4 is 11.6 Å². The molecule has 3 aromatic rings. The number of ether oxygens (including phenoxy) is 1. The fourth-order valence-electron chi connectivity index (χ4n) is 3.55. The number of benzene rings is 2. The molecule has 5 nitrogen and oxygen atoms in total. The van der Waals surface area contributed by atoms with E-state index >= 15 is 0 Å². The second-order valence-corrected chi connectivity index (χ2v) is 7.95. The highest BCUT2D eigenvalue weighted by atomic mass is 19.4. The van der Waals surface area contributed by atoms with Crippen molar-refractivity contribution in [3.8, 4) is 28.3 Å². The number of aromatic nitrogens is 2. The summed E-state index contributed by atoms with van der Waals surface area (Å²) < 4.78 is 41.5. The van der Waals surface area contributed by atoms with Crippen LogP contribution in [0.2, 0.25) is 0 Å². The Morgan fingerprint density at radius 2 is 1.81 bits per heavy atom. The molecule has 170 valence electrons. The third kappa shape index (κ3) is 6.12. The van der Waals surface area contributed by atoms with Crippen molar-refractivity contribution in [2.75, 3.05) is 5.32 Å². The van der Waals surface area contributed by atoms with E-state index < -0.39 is 6.36 Å². The minimum absolute atomic E-state index is 0.0109. The van der Waals surface area contributed by atoms with Gasteiger partial charge in [-0.15, -0.1) is 13.2 Å². The normalized spacial score (nSPS) is 12.6. The van der Waals surface area contributed by atoms with Gasteiger partial charge < -0.3 is 10.1 Å². The molecule has 1 heterocycles. The number of alkyl halides is 3. The van der Waals surface area contributed by atoms with Crippen LogP contribution in [0.3, 0.4) is 0 Å². The van der Waals surface area contributed by atoms with Gasteiger partial charge in [0.25, 0.3) is 0 Å². The van der Waals surface area contributed by atoms with Crippen LogP contribution in [0.1, 0.15) is 33.6 Å². The average Bonchev–Trinajstić information content (AvgIpc) is 3.21. The number of H-pyrrole nitrogens is 1. The molecule has 3 rings (SSSR count). The fourth-order valence-corrected chi connectivity index (χ4v) is 3.55. The second kappa shape index (κ2) is 9.89. The summed E-state index contributed by atoms with van der Waals surface area (Å²) in [4.78, 5) is 12.7. The van der Waals surface area contributed by atoms with E-state index in [2.05, 4.69) is 27.2 Å². The van der Waals surface area contributed by atoms with E-state index in [1.54, 1.807) is 12.1 Å². The minimum atomic E-state index is -4.76. The van der Waals surface area contributed by atoms with Crippen molar-refractivity contribution in [2.24, 2.45) is 11.8 Å². The quantitative estimate of drug-likeness (QED) is 0.408. The summed E-state index contributed by atoms with van der Waals surface area (Å²) in [5, 5.41) is 10.1. The largest absolute Gasteiger partial charge is 0.573 e. The van der Waals surface area contributed by atoms with Crippen molar-refractivity contribution in [1.29, 1.82) is 0 Å². The lowest BCUT2D eigenvalue weighted by molar-refractivity contribution is -0.274. The topological polar surface area (TPSA) is 67.0 Å². The van der Waals surface area contributed by atoms with Gasteiger partial charge in [0.05, 0.1) is 11.4 Å². The van der Waals surface area contributed by atoms with E-state index in [0.717, 1.165) is 18.4 Å². The lowest BCUT2D eigenvalue weighted by Crippen LogP contribution is -2.26. The first-order valence-corrected chi connectivity index (χ1v) is 10.5. The van der Waals surface area contributed by atoms with Crippen LogP contribution < -0.4 is 10.1 Å².